The molecule has 122 valence electrons. The molecule has 3 aromatic rings. The Balaban J connectivity index is 1.63. The zero-order valence-electron chi connectivity index (χ0n) is 12.6. The van der Waals surface area contributed by atoms with Gasteiger partial charge >= 0.3 is 5.97 Å². The second-order valence-electron chi connectivity index (χ2n) is 5.03. The minimum atomic E-state index is -0.597. The van der Waals surface area contributed by atoms with Gasteiger partial charge in [0, 0.05) is 17.0 Å². The molecule has 1 aromatic heterocycles. The van der Waals surface area contributed by atoms with Crippen molar-refractivity contribution >= 4 is 16.9 Å². The van der Waals surface area contributed by atoms with Crippen LogP contribution in [0.25, 0.3) is 10.9 Å². The lowest BCUT2D eigenvalue weighted by atomic mass is 10.1. The van der Waals surface area contributed by atoms with Crippen molar-refractivity contribution in [2.24, 2.45) is 0 Å². The van der Waals surface area contributed by atoms with Crippen molar-refractivity contribution in [2.75, 3.05) is 13.2 Å². The van der Waals surface area contributed by atoms with Gasteiger partial charge in [-0.25, -0.2) is 9.18 Å². The van der Waals surface area contributed by atoms with Crippen molar-refractivity contribution < 1.29 is 18.7 Å². The van der Waals surface area contributed by atoms with Gasteiger partial charge in [0.05, 0.1) is 5.56 Å². The Hall–Kier alpha value is -3.15. The Kier molecular flexibility index (Phi) is 4.56. The molecule has 0 fully saturated rings. The smallest absolute Gasteiger partial charge is 0.339 e. The molecule has 5 nitrogen and oxygen atoms in total. The standard InChI is InChI=1S/C18H14FNO4/c19-12-5-7-13(8-6-12)23-9-10-24-18(22)15-11-17(21)20-16-4-2-1-3-14(15)16/h1-8,11H,9-10H2,(H,20,21). The minimum absolute atomic E-state index is 0.0112. The molecule has 2 aromatic carbocycles. The molecule has 0 saturated heterocycles. The highest BCUT2D eigenvalue weighted by Gasteiger charge is 2.13. The van der Waals surface area contributed by atoms with Crippen LogP contribution in [0.4, 0.5) is 4.39 Å². The van der Waals surface area contributed by atoms with Gasteiger partial charge in [-0.15, -0.1) is 0 Å². The molecule has 1 N–H and O–H groups in total. The first-order chi connectivity index (χ1) is 11.6. The van der Waals surface area contributed by atoms with Gasteiger partial charge in [0.25, 0.3) is 0 Å². The summed E-state index contributed by atoms with van der Waals surface area (Å²) in [6.45, 7) is 0.135. The quantitative estimate of drug-likeness (QED) is 0.578. The van der Waals surface area contributed by atoms with E-state index in [2.05, 4.69) is 4.98 Å². The Labute approximate surface area is 136 Å². The number of aromatic amines is 1. The largest absolute Gasteiger partial charge is 0.490 e. The topological polar surface area (TPSA) is 68.4 Å². The van der Waals surface area contributed by atoms with E-state index in [-0.39, 0.29) is 30.2 Å². The molecule has 6 heteroatoms. The molecule has 3 rings (SSSR count). The zero-order chi connectivity index (χ0) is 16.9. The molecular weight excluding hydrogens is 313 g/mol. The summed E-state index contributed by atoms with van der Waals surface area (Å²) in [5.74, 6) is -0.469. The van der Waals surface area contributed by atoms with Crippen LogP contribution in [0.2, 0.25) is 0 Å². The third-order valence-corrected chi connectivity index (χ3v) is 3.37. The van der Waals surface area contributed by atoms with Crippen LogP contribution in [-0.4, -0.2) is 24.2 Å². The monoisotopic (exact) mass is 327 g/mol. The molecule has 1 heterocycles. The van der Waals surface area contributed by atoms with Crippen LogP contribution < -0.4 is 10.3 Å². The summed E-state index contributed by atoms with van der Waals surface area (Å²) in [5, 5.41) is 0.613. The normalized spacial score (nSPS) is 10.5. The number of aromatic nitrogens is 1. The number of fused-ring (bicyclic) bond motifs is 1. The Morgan fingerprint density at radius 2 is 1.79 bits per heavy atom. The van der Waals surface area contributed by atoms with Crippen molar-refractivity contribution in [3.05, 3.63) is 76.3 Å². The van der Waals surface area contributed by atoms with Gasteiger partial charge in [0.15, 0.2) is 0 Å². The van der Waals surface area contributed by atoms with E-state index < -0.39 is 5.97 Å². The molecule has 0 spiro atoms. The molecule has 0 radical (unpaired) electrons. The lowest BCUT2D eigenvalue weighted by molar-refractivity contribution is 0.0452. The summed E-state index contributed by atoms with van der Waals surface area (Å²) in [6.07, 6.45) is 0. The van der Waals surface area contributed by atoms with Crippen LogP contribution in [-0.2, 0) is 4.74 Å². The fraction of sp³-hybridized carbons (Fsp3) is 0.111. The Bertz CT molecular complexity index is 918. The number of H-pyrrole nitrogens is 1. The van der Waals surface area contributed by atoms with Gasteiger partial charge in [-0.05, 0) is 30.3 Å². The third-order valence-electron chi connectivity index (χ3n) is 3.37. The SMILES string of the molecule is O=C(OCCOc1ccc(F)cc1)c1cc(=O)[nH]c2ccccc12. The average Bonchev–Trinajstić information content (AvgIpc) is 2.59. The fourth-order valence-corrected chi connectivity index (χ4v) is 2.28. The lowest BCUT2D eigenvalue weighted by Gasteiger charge is -2.08. The number of carbonyl (C=O) groups is 1. The highest BCUT2D eigenvalue weighted by atomic mass is 19.1. The third kappa shape index (κ3) is 3.60. The number of nitrogens with one attached hydrogen (secondary N) is 1. The van der Waals surface area contributed by atoms with Crippen molar-refractivity contribution in [1.29, 1.82) is 0 Å². The summed E-state index contributed by atoms with van der Waals surface area (Å²) in [5.41, 5.74) is 0.402. The van der Waals surface area contributed by atoms with Gasteiger partial charge in [-0.3, -0.25) is 4.79 Å². The number of hydrogen-bond donors (Lipinski definition) is 1. The molecule has 0 saturated carbocycles. The molecule has 0 aliphatic carbocycles. The average molecular weight is 327 g/mol. The molecule has 0 bridgehead atoms. The lowest BCUT2D eigenvalue weighted by Crippen LogP contribution is -2.16. The highest BCUT2D eigenvalue weighted by Crippen LogP contribution is 2.15. The van der Waals surface area contributed by atoms with E-state index in [1.165, 1.54) is 30.3 Å². The number of hydrogen-bond acceptors (Lipinski definition) is 4. The molecule has 0 unspecified atom stereocenters. The maximum Gasteiger partial charge on any atom is 0.339 e. The van der Waals surface area contributed by atoms with E-state index in [4.69, 9.17) is 9.47 Å². The minimum Gasteiger partial charge on any atom is -0.490 e. The van der Waals surface area contributed by atoms with Crippen molar-refractivity contribution in [1.82, 2.24) is 4.98 Å². The molecule has 0 aliphatic rings. The molecule has 0 amide bonds. The maximum absolute atomic E-state index is 12.8. The van der Waals surface area contributed by atoms with Crippen LogP contribution in [0.15, 0.2) is 59.4 Å². The first-order valence-electron chi connectivity index (χ1n) is 7.31. The van der Waals surface area contributed by atoms with Gasteiger partial charge in [-0.1, -0.05) is 18.2 Å². The van der Waals surface area contributed by atoms with E-state index in [1.807, 2.05) is 0 Å². The van der Waals surface area contributed by atoms with E-state index in [1.54, 1.807) is 24.3 Å². The molecule has 0 atom stereocenters. The van der Waals surface area contributed by atoms with Crippen LogP contribution in [0.1, 0.15) is 10.4 Å². The first-order valence-corrected chi connectivity index (χ1v) is 7.31. The maximum atomic E-state index is 12.8. The molecule has 24 heavy (non-hydrogen) atoms. The number of ether oxygens (including phenoxy) is 2. The number of halogens is 1. The van der Waals surface area contributed by atoms with Gasteiger partial charge in [0.1, 0.15) is 24.8 Å². The van der Waals surface area contributed by atoms with E-state index in [9.17, 15) is 14.0 Å². The number of benzene rings is 2. The number of carbonyl (C=O) groups excluding carboxylic acids is 1. The predicted molar refractivity (Wildman–Crippen MR) is 86.7 cm³/mol. The van der Waals surface area contributed by atoms with Crippen LogP contribution in [0.5, 0.6) is 5.75 Å². The number of rotatable bonds is 5. The summed E-state index contributed by atoms with van der Waals surface area (Å²) in [6, 6.07) is 13.7. The second kappa shape index (κ2) is 6.95. The number of esters is 1. The number of para-hydroxylation sites is 1. The van der Waals surface area contributed by atoms with E-state index >= 15 is 0 Å². The molecule has 0 aliphatic heterocycles. The number of pyridine rings is 1. The van der Waals surface area contributed by atoms with Crippen molar-refractivity contribution in [3.63, 3.8) is 0 Å². The van der Waals surface area contributed by atoms with Crippen LogP contribution >= 0.6 is 0 Å². The van der Waals surface area contributed by atoms with Crippen molar-refractivity contribution in [3.8, 4) is 5.75 Å². The summed E-state index contributed by atoms with van der Waals surface area (Å²) in [7, 11) is 0. The summed E-state index contributed by atoms with van der Waals surface area (Å²) < 4.78 is 23.3. The summed E-state index contributed by atoms with van der Waals surface area (Å²) >= 11 is 0. The van der Waals surface area contributed by atoms with E-state index in [0.29, 0.717) is 16.7 Å². The van der Waals surface area contributed by atoms with Crippen molar-refractivity contribution in [2.45, 2.75) is 0 Å². The van der Waals surface area contributed by atoms with Crippen LogP contribution in [0, 0.1) is 5.82 Å². The predicted octanol–water partition coefficient (Wildman–Crippen LogP) is 2.90. The molecular formula is C18H14FNO4. The van der Waals surface area contributed by atoms with Gasteiger partial charge in [-0.2, -0.15) is 0 Å². The summed E-state index contributed by atoms with van der Waals surface area (Å²) in [4.78, 5) is 26.5. The van der Waals surface area contributed by atoms with E-state index in [0.717, 1.165) is 0 Å². The van der Waals surface area contributed by atoms with Crippen LogP contribution in [0.3, 0.4) is 0 Å². The zero-order valence-corrected chi connectivity index (χ0v) is 12.6. The fourth-order valence-electron chi connectivity index (χ4n) is 2.28. The second-order valence-corrected chi connectivity index (χ2v) is 5.03. The van der Waals surface area contributed by atoms with Gasteiger partial charge in [0.2, 0.25) is 5.56 Å². The Morgan fingerprint density at radius 3 is 2.58 bits per heavy atom. The first kappa shape index (κ1) is 15.7. The van der Waals surface area contributed by atoms with Gasteiger partial charge < -0.3 is 14.5 Å². The Morgan fingerprint density at radius 1 is 1.04 bits per heavy atom. The highest BCUT2D eigenvalue weighted by molar-refractivity contribution is 6.03.